The average Bonchev–Trinajstić information content (AvgIpc) is 2.60. The van der Waals surface area contributed by atoms with Crippen LogP contribution < -0.4 is 0 Å². The number of hydrogen-bond acceptors (Lipinski definition) is 3. The molecule has 2 rings (SSSR count). The summed E-state index contributed by atoms with van der Waals surface area (Å²) in [6.45, 7) is 1.86. The third kappa shape index (κ3) is 1.66. The highest BCUT2D eigenvalue weighted by molar-refractivity contribution is 6.07. The van der Waals surface area contributed by atoms with Crippen LogP contribution in [0.15, 0.2) is 30.7 Å². The van der Waals surface area contributed by atoms with E-state index in [0.29, 0.717) is 11.3 Å². The van der Waals surface area contributed by atoms with E-state index in [1.54, 1.807) is 35.3 Å². The second kappa shape index (κ2) is 3.65. The highest BCUT2D eigenvalue weighted by Gasteiger charge is 2.13. The minimum atomic E-state index is -0.0273. The Bertz CT molecular complexity index is 488. The molecule has 0 radical (unpaired) electrons. The van der Waals surface area contributed by atoms with E-state index in [1.807, 2.05) is 14.0 Å². The van der Waals surface area contributed by atoms with E-state index < -0.39 is 0 Å². The molecule has 0 unspecified atom stereocenters. The average molecular weight is 201 g/mol. The standard InChI is InChI=1S/C11H11N3O/c1-8-13-7-10(14(8)2)11(15)9-3-5-12-6-4-9/h3-7H,1-2H3. The Balaban J connectivity index is 2.42. The van der Waals surface area contributed by atoms with Crippen LogP contribution in [0.2, 0.25) is 0 Å². The van der Waals surface area contributed by atoms with Crippen LogP contribution in [-0.2, 0) is 7.05 Å². The Kier molecular flexibility index (Phi) is 2.33. The lowest BCUT2D eigenvalue weighted by atomic mass is 10.1. The topological polar surface area (TPSA) is 47.8 Å². The van der Waals surface area contributed by atoms with Crippen molar-refractivity contribution < 1.29 is 4.79 Å². The van der Waals surface area contributed by atoms with Crippen LogP contribution in [-0.4, -0.2) is 20.3 Å². The summed E-state index contributed by atoms with van der Waals surface area (Å²) < 4.78 is 1.78. The molecule has 0 aromatic carbocycles. The van der Waals surface area contributed by atoms with Gasteiger partial charge in [0.25, 0.3) is 0 Å². The summed E-state index contributed by atoms with van der Waals surface area (Å²) in [4.78, 5) is 20.0. The van der Waals surface area contributed by atoms with Crippen LogP contribution in [0.4, 0.5) is 0 Å². The van der Waals surface area contributed by atoms with Gasteiger partial charge in [0.1, 0.15) is 11.5 Å². The molecular weight excluding hydrogens is 190 g/mol. The molecule has 4 heteroatoms. The van der Waals surface area contributed by atoms with Crippen molar-refractivity contribution in [1.82, 2.24) is 14.5 Å². The van der Waals surface area contributed by atoms with Gasteiger partial charge in [0.05, 0.1) is 6.20 Å². The molecule has 0 aliphatic rings. The quantitative estimate of drug-likeness (QED) is 0.689. The minimum Gasteiger partial charge on any atom is -0.329 e. The summed E-state index contributed by atoms with van der Waals surface area (Å²) in [6.07, 6.45) is 4.81. The molecule has 0 atom stereocenters. The van der Waals surface area contributed by atoms with Crippen molar-refractivity contribution in [3.63, 3.8) is 0 Å². The summed E-state index contributed by atoms with van der Waals surface area (Å²) in [5.41, 5.74) is 1.23. The van der Waals surface area contributed by atoms with E-state index in [2.05, 4.69) is 9.97 Å². The molecule has 0 N–H and O–H groups in total. The smallest absolute Gasteiger partial charge is 0.211 e. The predicted octanol–water partition coefficient (Wildman–Crippen LogP) is 1.35. The molecule has 0 aliphatic carbocycles. The van der Waals surface area contributed by atoms with Crippen LogP contribution in [0.1, 0.15) is 21.9 Å². The van der Waals surface area contributed by atoms with Gasteiger partial charge in [-0.1, -0.05) is 0 Å². The minimum absolute atomic E-state index is 0.0273. The van der Waals surface area contributed by atoms with E-state index in [0.717, 1.165) is 5.82 Å². The van der Waals surface area contributed by atoms with Gasteiger partial charge in [-0.05, 0) is 19.1 Å². The van der Waals surface area contributed by atoms with Crippen molar-refractivity contribution in [2.75, 3.05) is 0 Å². The fourth-order valence-corrected chi connectivity index (χ4v) is 1.36. The van der Waals surface area contributed by atoms with E-state index >= 15 is 0 Å². The maximum atomic E-state index is 12.0. The monoisotopic (exact) mass is 201 g/mol. The Hall–Kier alpha value is -1.97. The van der Waals surface area contributed by atoms with Crippen LogP contribution in [0.25, 0.3) is 0 Å². The van der Waals surface area contributed by atoms with Crippen LogP contribution >= 0.6 is 0 Å². The Morgan fingerprint density at radius 2 is 2.00 bits per heavy atom. The number of nitrogens with zero attached hydrogens (tertiary/aromatic N) is 3. The number of pyridine rings is 1. The number of hydrogen-bond donors (Lipinski definition) is 0. The summed E-state index contributed by atoms with van der Waals surface area (Å²) in [5, 5.41) is 0. The number of carbonyl (C=O) groups is 1. The van der Waals surface area contributed by atoms with E-state index in [4.69, 9.17) is 0 Å². The van der Waals surface area contributed by atoms with Gasteiger partial charge in [-0.15, -0.1) is 0 Å². The SMILES string of the molecule is Cc1ncc(C(=O)c2ccncc2)n1C. The van der Waals surface area contributed by atoms with Crippen LogP contribution in [0.3, 0.4) is 0 Å². The number of rotatable bonds is 2. The van der Waals surface area contributed by atoms with E-state index in [1.165, 1.54) is 0 Å². The first kappa shape index (κ1) is 9.58. The van der Waals surface area contributed by atoms with Crippen molar-refractivity contribution in [2.24, 2.45) is 7.05 Å². The molecule has 15 heavy (non-hydrogen) atoms. The molecule has 0 saturated carbocycles. The van der Waals surface area contributed by atoms with Crippen molar-refractivity contribution in [1.29, 1.82) is 0 Å². The number of aryl methyl sites for hydroxylation is 1. The molecule has 2 heterocycles. The van der Waals surface area contributed by atoms with Gasteiger partial charge in [0.15, 0.2) is 0 Å². The number of carbonyl (C=O) groups excluding carboxylic acids is 1. The van der Waals surface area contributed by atoms with E-state index in [9.17, 15) is 4.79 Å². The van der Waals surface area contributed by atoms with Gasteiger partial charge in [-0.25, -0.2) is 4.98 Å². The molecule has 0 aliphatic heterocycles. The zero-order chi connectivity index (χ0) is 10.8. The summed E-state index contributed by atoms with van der Waals surface area (Å²) in [5.74, 6) is 0.799. The lowest BCUT2D eigenvalue weighted by molar-refractivity contribution is 0.103. The molecule has 0 fully saturated rings. The number of imidazole rings is 1. The normalized spacial score (nSPS) is 10.3. The maximum Gasteiger partial charge on any atom is 0.211 e. The predicted molar refractivity (Wildman–Crippen MR) is 55.6 cm³/mol. The zero-order valence-corrected chi connectivity index (χ0v) is 8.64. The molecule has 0 saturated heterocycles. The van der Waals surface area contributed by atoms with Crippen molar-refractivity contribution in [3.05, 3.63) is 47.8 Å². The summed E-state index contributed by atoms with van der Waals surface area (Å²) in [7, 11) is 1.83. The Morgan fingerprint density at radius 1 is 1.33 bits per heavy atom. The number of aromatic nitrogens is 3. The Labute approximate surface area is 87.6 Å². The second-order valence-corrected chi connectivity index (χ2v) is 3.31. The molecule has 0 amide bonds. The van der Waals surface area contributed by atoms with Crippen molar-refractivity contribution in [3.8, 4) is 0 Å². The third-order valence-corrected chi connectivity index (χ3v) is 2.40. The molecule has 2 aromatic heterocycles. The van der Waals surface area contributed by atoms with Gasteiger partial charge >= 0.3 is 0 Å². The highest BCUT2D eigenvalue weighted by atomic mass is 16.1. The summed E-state index contributed by atoms with van der Waals surface area (Å²) >= 11 is 0. The lowest BCUT2D eigenvalue weighted by Gasteiger charge is -2.02. The highest BCUT2D eigenvalue weighted by Crippen LogP contribution is 2.09. The van der Waals surface area contributed by atoms with Gasteiger partial charge in [0.2, 0.25) is 5.78 Å². The number of ketones is 1. The van der Waals surface area contributed by atoms with Gasteiger partial charge < -0.3 is 4.57 Å². The van der Waals surface area contributed by atoms with Gasteiger partial charge in [-0.2, -0.15) is 0 Å². The first-order valence-corrected chi connectivity index (χ1v) is 4.63. The lowest BCUT2D eigenvalue weighted by Crippen LogP contribution is -2.08. The summed E-state index contributed by atoms with van der Waals surface area (Å²) in [6, 6.07) is 3.40. The molecule has 76 valence electrons. The molecule has 4 nitrogen and oxygen atoms in total. The van der Waals surface area contributed by atoms with Crippen LogP contribution in [0, 0.1) is 6.92 Å². The van der Waals surface area contributed by atoms with E-state index in [-0.39, 0.29) is 5.78 Å². The van der Waals surface area contributed by atoms with Crippen LogP contribution in [0.5, 0.6) is 0 Å². The fourth-order valence-electron chi connectivity index (χ4n) is 1.36. The molecular formula is C11H11N3O. The fraction of sp³-hybridized carbons (Fsp3) is 0.182. The van der Waals surface area contributed by atoms with Gasteiger partial charge in [0, 0.05) is 25.0 Å². The largest absolute Gasteiger partial charge is 0.329 e. The van der Waals surface area contributed by atoms with Gasteiger partial charge in [-0.3, -0.25) is 9.78 Å². The maximum absolute atomic E-state index is 12.0. The van der Waals surface area contributed by atoms with Crippen molar-refractivity contribution in [2.45, 2.75) is 6.92 Å². The Morgan fingerprint density at radius 3 is 2.53 bits per heavy atom. The van der Waals surface area contributed by atoms with Crippen molar-refractivity contribution >= 4 is 5.78 Å². The molecule has 0 spiro atoms. The first-order chi connectivity index (χ1) is 7.20. The second-order valence-electron chi connectivity index (χ2n) is 3.31. The zero-order valence-electron chi connectivity index (χ0n) is 8.64. The first-order valence-electron chi connectivity index (χ1n) is 4.63. The third-order valence-electron chi connectivity index (χ3n) is 2.40. The molecule has 0 bridgehead atoms. The molecule has 2 aromatic rings.